The largest absolute Gasteiger partial charge is 0.494 e. The zero-order valence-electron chi connectivity index (χ0n) is 19.5. The molecule has 5 nitrogen and oxygen atoms in total. The normalized spacial score (nSPS) is 15.1. The molecule has 1 aliphatic heterocycles. The fourth-order valence-electron chi connectivity index (χ4n) is 4.63. The summed E-state index contributed by atoms with van der Waals surface area (Å²) in [4.78, 5) is 18.7. The van der Waals surface area contributed by atoms with Gasteiger partial charge < -0.3 is 14.5 Å². The minimum absolute atomic E-state index is 0.101. The minimum atomic E-state index is -0.398. The predicted molar refractivity (Wildman–Crippen MR) is 144 cm³/mol. The Morgan fingerprint density at radius 2 is 1.86 bits per heavy atom. The maximum absolute atomic E-state index is 13.4. The highest BCUT2D eigenvalue weighted by molar-refractivity contribution is 6.31. The molecule has 0 aliphatic carbocycles. The SMILES string of the molecule is O=C(OCc1ccccc1Cl)N1CCc2c([nH]c3ccc(Cl)cc23)C1c1ccc(OCCCCl)cc1. The van der Waals surface area contributed by atoms with E-state index in [1.165, 1.54) is 0 Å². The molecule has 36 heavy (non-hydrogen) atoms. The molecular weight excluding hydrogens is 519 g/mol. The molecule has 2 heterocycles. The number of aromatic amines is 1. The summed E-state index contributed by atoms with van der Waals surface area (Å²) in [6.07, 6.45) is 1.06. The second kappa shape index (κ2) is 11.0. The summed E-state index contributed by atoms with van der Waals surface area (Å²) < 4.78 is 11.5. The number of benzene rings is 3. The molecule has 1 unspecified atom stereocenters. The third-order valence-electron chi connectivity index (χ3n) is 6.38. The Hall–Kier alpha value is -2.86. The van der Waals surface area contributed by atoms with E-state index in [1.807, 2.05) is 60.7 Å². The monoisotopic (exact) mass is 542 g/mol. The molecule has 8 heteroatoms. The lowest BCUT2D eigenvalue weighted by Gasteiger charge is -2.35. The third kappa shape index (κ3) is 5.15. The molecule has 1 atom stereocenters. The Bertz CT molecular complexity index is 1370. The Kier molecular flexibility index (Phi) is 7.61. The van der Waals surface area contributed by atoms with Gasteiger partial charge in [0.15, 0.2) is 0 Å². The van der Waals surface area contributed by atoms with Crippen LogP contribution in [0.25, 0.3) is 10.9 Å². The minimum Gasteiger partial charge on any atom is -0.494 e. The van der Waals surface area contributed by atoms with Crippen LogP contribution in [0.3, 0.4) is 0 Å². The van der Waals surface area contributed by atoms with E-state index in [2.05, 4.69) is 4.98 Å². The highest BCUT2D eigenvalue weighted by Crippen LogP contribution is 2.40. The zero-order valence-corrected chi connectivity index (χ0v) is 21.7. The molecule has 1 aliphatic rings. The van der Waals surface area contributed by atoms with Crippen molar-refractivity contribution >= 4 is 51.8 Å². The van der Waals surface area contributed by atoms with Crippen LogP contribution in [0.1, 0.15) is 34.8 Å². The number of carbonyl (C=O) groups is 1. The van der Waals surface area contributed by atoms with Crippen molar-refractivity contribution in [3.8, 4) is 5.75 Å². The van der Waals surface area contributed by atoms with Crippen molar-refractivity contribution in [3.05, 3.63) is 99.2 Å². The molecule has 5 rings (SSSR count). The number of hydrogen-bond acceptors (Lipinski definition) is 3. The molecule has 0 bridgehead atoms. The number of carbonyl (C=O) groups excluding carboxylic acids is 1. The van der Waals surface area contributed by atoms with Crippen molar-refractivity contribution in [1.82, 2.24) is 9.88 Å². The van der Waals surface area contributed by atoms with E-state index < -0.39 is 6.09 Å². The summed E-state index contributed by atoms with van der Waals surface area (Å²) in [6, 6.07) is 20.6. The lowest BCUT2D eigenvalue weighted by molar-refractivity contribution is 0.0832. The van der Waals surface area contributed by atoms with Gasteiger partial charge in [-0.1, -0.05) is 53.5 Å². The molecule has 0 spiro atoms. The molecular formula is C28H25Cl3N2O3. The lowest BCUT2D eigenvalue weighted by Crippen LogP contribution is -2.40. The summed E-state index contributed by atoms with van der Waals surface area (Å²) in [6.45, 7) is 1.16. The first-order valence-corrected chi connectivity index (χ1v) is 13.1. The number of ether oxygens (including phenoxy) is 2. The first-order valence-electron chi connectivity index (χ1n) is 11.8. The van der Waals surface area contributed by atoms with Crippen LogP contribution in [0.2, 0.25) is 10.0 Å². The first kappa shape index (κ1) is 24.8. The van der Waals surface area contributed by atoms with E-state index in [0.717, 1.165) is 45.5 Å². The molecule has 1 aromatic heterocycles. The van der Waals surface area contributed by atoms with E-state index in [9.17, 15) is 4.79 Å². The topological polar surface area (TPSA) is 54.6 Å². The van der Waals surface area contributed by atoms with Gasteiger partial charge in [0.1, 0.15) is 18.4 Å². The van der Waals surface area contributed by atoms with E-state index in [4.69, 9.17) is 44.3 Å². The number of fused-ring (bicyclic) bond motifs is 3. The van der Waals surface area contributed by atoms with E-state index in [1.54, 1.807) is 11.0 Å². The van der Waals surface area contributed by atoms with Crippen molar-refractivity contribution in [2.24, 2.45) is 0 Å². The van der Waals surface area contributed by atoms with Gasteiger partial charge in [0.05, 0.1) is 6.61 Å². The number of nitrogens with one attached hydrogen (secondary N) is 1. The molecule has 0 fully saturated rings. The lowest BCUT2D eigenvalue weighted by atomic mass is 9.92. The first-order chi connectivity index (χ1) is 17.5. The number of aromatic nitrogens is 1. The summed E-state index contributed by atoms with van der Waals surface area (Å²) in [5.41, 5.74) is 4.83. The standard InChI is InChI=1S/C28H25Cl3N2O3/c29-13-3-15-35-21-9-6-18(7-10-21)27-26-22(23-16-20(30)8-11-25(23)32-26)12-14-33(27)28(34)36-17-19-4-1-2-5-24(19)31/h1-2,4-11,16,27,32H,3,12-15,17H2. The van der Waals surface area contributed by atoms with Gasteiger partial charge in [-0.05, 0) is 60.4 Å². The van der Waals surface area contributed by atoms with Crippen LogP contribution in [-0.4, -0.2) is 35.0 Å². The average molecular weight is 544 g/mol. The van der Waals surface area contributed by atoms with Gasteiger partial charge in [-0.15, -0.1) is 11.6 Å². The quantitative estimate of drug-likeness (QED) is 0.191. The van der Waals surface area contributed by atoms with Gasteiger partial charge in [-0.2, -0.15) is 0 Å². The van der Waals surface area contributed by atoms with Crippen LogP contribution in [0.5, 0.6) is 5.75 Å². The Balaban J connectivity index is 1.47. The average Bonchev–Trinajstić information content (AvgIpc) is 3.26. The van der Waals surface area contributed by atoms with Crippen LogP contribution in [-0.2, 0) is 17.8 Å². The van der Waals surface area contributed by atoms with Crippen molar-refractivity contribution in [2.75, 3.05) is 19.0 Å². The second-order valence-electron chi connectivity index (χ2n) is 8.66. The molecule has 1 N–H and O–H groups in total. The number of alkyl halides is 1. The van der Waals surface area contributed by atoms with Crippen LogP contribution < -0.4 is 4.74 Å². The van der Waals surface area contributed by atoms with Crippen molar-refractivity contribution in [3.63, 3.8) is 0 Å². The predicted octanol–water partition coefficient (Wildman–Crippen LogP) is 7.77. The number of halogens is 3. The molecule has 1 amide bonds. The highest BCUT2D eigenvalue weighted by Gasteiger charge is 2.35. The summed E-state index contributed by atoms with van der Waals surface area (Å²) >= 11 is 18.3. The summed E-state index contributed by atoms with van der Waals surface area (Å²) in [5.74, 6) is 1.31. The van der Waals surface area contributed by atoms with Gasteiger partial charge in [0.25, 0.3) is 0 Å². The van der Waals surface area contributed by atoms with Gasteiger partial charge in [-0.25, -0.2) is 4.79 Å². The second-order valence-corrected chi connectivity index (χ2v) is 9.88. The van der Waals surface area contributed by atoms with Gasteiger partial charge in [0.2, 0.25) is 0 Å². The van der Waals surface area contributed by atoms with Crippen molar-refractivity contribution in [1.29, 1.82) is 0 Å². The molecule has 4 aromatic rings. The maximum Gasteiger partial charge on any atom is 0.410 e. The summed E-state index contributed by atoms with van der Waals surface area (Å²) in [5, 5.41) is 2.33. The fourth-order valence-corrected chi connectivity index (χ4v) is 5.10. The number of H-pyrrole nitrogens is 1. The smallest absolute Gasteiger partial charge is 0.410 e. The van der Waals surface area contributed by atoms with E-state index in [0.29, 0.717) is 35.5 Å². The van der Waals surface area contributed by atoms with Gasteiger partial charge in [0, 0.05) is 44.6 Å². The van der Waals surface area contributed by atoms with Crippen LogP contribution in [0.4, 0.5) is 4.79 Å². The molecule has 186 valence electrons. The molecule has 3 aromatic carbocycles. The van der Waals surface area contributed by atoms with Gasteiger partial charge in [-0.3, -0.25) is 4.90 Å². The third-order valence-corrected chi connectivity index (χ3v) is 7.25. The maximum atomic E-state index is 13.4. The zero-order chi connectivity index (χ0) is 25.1. The molecule has 0 saturated carbocycles. The van der Waals surface area contributed by atoms with E-state index in [-0.39, 0.29) is 12.6 Å². The van der Waals surface area contributed by atoms with Gasteiger partial charge >= 0.3 is 6.09 Å². The summed E-state index contributed by atoms with van der Waals surface area (Å²) in [7, 11) is 0. The van der Waals surface area contributed by atoms with Crippen molar-refractivity contribution in [2.45, 2.75) is 25.5 Å². The van der Waals surface area contributed by atoms with Crippen LogP contribution in [0, 0.1) is 0 Å². The molecule has 0 saturated heterocycles. The van der Waals surface area contributed by atoms with Crippen LogP contribution in [0.15, 0.2) is 66.7 Å². The van der Waals surface area contributed by atoms with Crippen LogP contribution >= 0.6 is 34.8 Å². The number of nitrogens with zero attached hydrogens (tertiary/aromatic N) is 1. The highest BCUT2D eigenvalue weighted by atomic mass is 35.5. The number of rotatable bonds is 7. The fraction of sp³-hybridized carbons (Fsp3) is 0.250. The Morgan fingerprint density at radius 1 is 1.06 bits per heavy atom. The number of hydrogen-bond donors (Lipinski definition) is 1. The number of amides is 1. The molecule has 0 radical (unpaired) electrons. The van der Waals surface area contributed by atoms with E-state index >= 15 is 0 Å². The Morgan fingerprint density at radius 3 is 2.64 bits per heavy atom. The Labute approximate surface area is 224 Å². The van der Waals surface area contributed by atoms with Crippen molar-refractivity contribution < 1.29 is 14.3 Å².